The van der Waals surface area contributed by atoms with Crippen molar-refractivity contribution in [2.75, 3.05) is 20.8 Å². The topological polar surface area (TPSA) is 86.3 Å². The Morgan fingerprint density at radius 3 is 2.53 bits per heavy atom. The van der Waals surface area contributed by atoms with Gasteiger partial charge < -0.3 is 29.4 Å². The van der Waals surface area contributed by atoms with Crippen molar-refractivity contribution in [2.45, 2.75) is 71.0 Å². The molecule has 38 heavy (non-hydrogen) atoms. The van der Waals surface area contributed by atoms with Gasteiger partial charge in [-0.2, -0.15) is 0 Å². The third-order valence-electron chi connectivity index (χ3n) is 9.63. The van der Waals surface area contributed by atoms with Crippen LogP contribution in [0.5, 0.6) is 11.5 Å². The summed E-state index contributed by atoms with van der Waals surface area (Å²) in [7, 11) is 3.29. The van der Waals surface area contributed by atoms with Crippen molar-refractivity contribution >= 4 is 5.91 Å². The second kappa shape index (κ2) is 10.9. The van der Waals surface area contributed by atoms with E-state index < -0.39 is 12.4 Å². The first-order chi connectivity index (χ1) is 18.3. The Morgan fingerprint density at radius 1 is 1.03 bits per heavy atom. The van der Waals surface area contributed by atoms with E-state index in [0.29, 0.717) is 31.9 Å². The van der Waals surface area contributed by atoms with Crippen molar-refractivity contribution in [3.8, 4) is 11.5 Å². The Balaban J connectivity index is 1.27. The minimum absolute atomic E-state index is 0.0372. The molecule has 2 aliphatic carbocycles. The van der Waals surface area contributed by atoms with Crippen LogP contribution in [0.1, 0.15) is 63.4 Å². The predicted octanol–water partition coefficient (Wildman–Crippen LogP) is 5.02. The Labute approximate surface area is 225 Å². The fourth-order valence-electron chi connectivity index (χ4n) is 7.49. The van der Waals surface area contributed by atoms with Gasteiger partial charge in [-0.25, -0.2) is 0 Å². The number of aliphatic hydroxyl groups excluding tert-OH is 1. The van der Waals surface area contributed by atoms with Gasteiger partial charge in [0.1, 0.15) is 11.5 Å². The molecule has 0 bridgehead atoms. The van der Waals surface area contributed by atoms with Gasteiger partial charge in [-0.05, 0) is 61.1 Å². The van der Waals surface area contributed by atoms with Crippen molar-refractivity contribution in [3.05, 3.63) is 59.7 Å². The Morgan fingerprint density at radius 2 is 1.79 bits per heavy atom. The number of hydrogen-bond acceptors (Lipinski definition) is 6. The summed E-state index contributed by atoms with van der Waals surface area (Å²) >= 11 is 0. The van der Waals surface area contributed by atoms with Gasteiger partial charge in [0.2, 0.25) is 5.91 Å². The number of rotatable bonds is 7. The first-order valence-corrected chi connectivity index (χ1v) is 13.8. The van der Waals surface area contributed by atoms with Crippen LogP contribution in [0.3, 0.4) is 0 Å². The maximum Gasteiger partial charge on any atom is 0.220 e. The van der Waals surface area contributed by atoms with E-state index in [0.717, 1.165) is 41.9 Å². The molecule has 7 nitrogen and oxygen atoms in total. The highest BCUT2D eigenvalue weighted by molar-refractivity contribution is 5.76. The van der Waals surface area contributed by atoms with Gasteiger partial charge >= 0.3 is 0 Å². The van der Waals surface area contributed by atoms with Crippen molar-refractivity contribution in [1.29, 1.82) is 0 Å². The maximum atomic E-state index is 13.1. The fraction of sp³-hybridized carbons (Fsp3) is 0.581. The number of methoxy groups -OCH3 is 2. The summed E-state index contributed by atoms with van der Waals surface area (Å²) in [6.07, 6.45) is 2.87. The summed E-state index contributed by atoms with van der Waals surface area (Å²) in [5.41, 5.74) is 1.57. The lowest BCUT2D eigenvalue weighted by molar-refractivity contribution is -0.312. The second-order valence-electron chi connectivity index (χ2n) is 11.7. The molecule has 0 aromatic heterocycles. The fourth-order valence-corrected chi connectivity index (χ4v) is 7.49. The van der Waals surface area contributed by atoms with Crippen LogP contribution in [0.25, 0.3) is 0 Å². The molecule has 1 saturated heterocycles. The molecule has 3 fully saturated rings. The molecule has 7 unspecified atom stereocenters. The van der Waals surface area contributed by atoms with Gasteiger partial charge in [0.25, 0.3) is 0 Å². The molecule has 1 amide bonds. The van der Waals surface area contributed by atoms with Gasteiger partial charge in [-0.15, -0.1) is 0 Å². The number of aliphatic hydroxyl groups is 1. The highest BCUT2D eigenvalue weighted by Gasteiger charge is 2.61. The van der Waals surface area contributed by atoms with E-state index in [2.05, 4.69) is 19.2 Å². The normalized spacial score (nSPS) is 34.5. The van der Waals surface area contributed by atoms with E-state index in [-0.39, 0.29) is 28.8 Å². The number of fused-ring (bicyclic) bond motifs is 3. The average Bonchev–Trinajstić information content (AvgIpc) is 2.93. The summed E-state index contributed by atoms with van der Waals surface area (Å²) in [5.74, 6) is 1.71. The molecule has 7 atom stereocenters. The Bertz CT molecular complexity index is 1120. The van der Waals surface area contributed by atoms with Crippen LogP contribution in [0.4, 0.5) is 0 Å². The van der Waals surface area contributed by atoms with Crippen LogP contribution in [0, 0.1) is 22.7 Å². The SMILES string of the molecule is COc1ccc(C2OCC3(C)C(CCC4(C)C(CC(=O)NCc5ccccc5OC)C(O)CCC34)O2)cc1. The van der Waals surface area contributed by atoms with E-state index in [9.17, 15) is 9.90 Å². The highest BCUT2D eigenvalue weighted by Crippen LogP contribution is 2.63. The zero-order valence-corrected chi connectivity index (χ0v) is 22.9. The van der Waals surface area contributed by atoms with Crippen LogP contribution in [-0.4, -0.2) is 44.0 Å². The monoisotopic (exact) mass is 523 g/mol. The van der Waals surface area contributed by atoms with Crippen LogP contribution < -0.4 is 14.8 Å². The lowest BCUT2D eigenvalue weighted by Gasteiger charge is -2.63. The molecule has 2 saturated carbocycles. The molecule has 206 valence electrons. The summed E-state index contributed by atoms with van der Waals surface area (Å²) in [5, 5.41) is 14.2. The molecule has 1 heterocycles. The minimum atomic E-state index is -0.495. The highest BCUT2D eigenvalue weighted by atomic mass is 16.7. The molecule has 5 rings (SSSR count). The first kappa shape index (κ1) is 27.0. The Hall–Kier alpha value is -2.61. The van der Waals surface area contributed by atoms with Crippen molar-refractivity contribution in [3.63, 3.8) is 0 Å². The van der Waals surface area contributed by atoms with E-state index >= 15 is 0 Å². The summed E-state index contributed by atoms with van der Waals surface area (Å²) in [6, 6.07) is 15.6. The van der Waals surface area contributed by atoms with E-state index in [4.69, 9.17) is 18.9 Å². The molecule has 2 aromatic rings. The first-order valence-electron chi connectivity index (χ1n) is 13.8. The van der Waals surface area contributed by atoms with E-state index in [1.165, 1.54) is 0 Å². The van der Waals surface area contributed by atoms with Gasteiger partial charge in [0.15, 0.2) is 6.29 Å². The smallest absolute Gasteiger partial charge is 0.220 e. The number of nitrogens with one attached hydrogen (secondary N) is 1. The number of carbonyl (C=O) groups is 1. The van der Waals surface area contributed by atoms with Crippen LogP contribution >= 0.6 is 0 Å². The number of amides is 1. The lowest BCUT2D eigenvalue weighted by atomic mass is 9.46. The van der Waals surface area contributed by atoms with Crippen molar-refractivity contribution < 1.29 is 28.8 Å². The summed E-state index contributed by atoms with van der Waals surface area (Å²) < 4.78 is 23.6. The van der Waals surface area contributed by atoms with E-state index in [1.54, 1.807) is 14.2 Å². The third-order valence-corrected chi connectivity index (χ3v) is 9.63. The van der Waals surface area contributed by atoms with Gasteiger partial charge in [0.05, 0.1) is 33.0 Å². The zero-order chi connectivity index (χ0) is 26.9. The largest absolute Gasteiger partial charge is 0.497 e. The van der Waals surface area contributed by atoms with Gasteiger partial charge in [-0.1, -0.05) is 44.2 Å². The second-order valence-corrected chi connectivity index (χ2v) is 11.7. The van der Waals surface area contributed by atoms with Gasteiger partial charge in [-0.3, -0.25) is 4.79 Å². The number of para-hydroxylation sites is 1. The predicted molar refractivity (Wildman–Crippen MR) is 144 cm³/mol. The zero-order valence-electron chi connectivity index (χ0n) is 22.9. The number of hydrogen-bond donors (Lipinski definition) is 2. The van der Waals surface area contributed by atoms with Gasteiger partial charge in [0, 0.05) is 29.5 Å². The van der Waals surface area contributed by atoms with Crippen LogP contribution in [0.2, 0.25) is 0 Å². The van der Waals surface area contributed by atoms with Crippen molar-refractivity contribution in [2.24, 2.45) is 22.7 Å². The molecule has 1 aliphatic heterocycles. The molecular formula is C31H41NO6. The molecule has 2 N–H and O–H groups in total. The third kappa shape index (κ3) is 4.92. The standard InChI is InChI=1S/C31H41NO6/c1-30-16-15-27-31(2,19-37-29(38-27)20-9-11-22(35-3)12-10-20)26(30)14-13-24(33)23(30)17-28(34)32-18-21-7-5-6-8-25(21)36-4/h5-12,23-24,26-27,29,33H,13-19H2,1-4H3,(H,32,34). The van der Waals surface area contributed by atoms with Crippen LogP contribution in [0.15, 0.2) is 48.5 Å². The van der Waals surface area contributed by atoms with Crippen molar-refractivity contribution in [1.82, 2.24) is 5.32 Å². The maximum absolute atomic E-state index is 13.1. The molecule has 2 aromatic carbocycles. The minimum Gasteiger partial charge on any atom is -0.497 e. The average molecular weight is 524 g/mol. The lowest BCUT2D eigenvalue weighted by Crippen LogP contribution is -2.62. The summed E-state index contributed by atoms with van der Waals surface area (Å²) in [4.78, 5) is 13.1. The Kier molecular flexibility index (Phi) is 7.72. The molecular weight excluding hydrogens is 482 g/mol. The number of carbonyl (C=O) groups excluding carboxylic acids is 1. The van der Waals surface area contributed by atoms with Crippen LogP contribution in [-0.2, 0) is 20.8 Å². The number of benzene rings is 2. The quantitative estimate of drug-likeness (QED) is 0.530. The molecule has 3 aliphatic rings. The summed E-state index contributed by atoms with van der Waals surface area (Å²) in [6.45, 7) is 5.55. The molecule has 0 radical (unpaired) electrons. The molecule has 0 spiro atoms. The molecule has 7 heteroatoms. The number of ether oxygens (including phenoxy) is 4. The van der Waals surface area contributed by atoms with E-state index in [1.807, 2.05) is 48.5 Å².